The molecule has 0 saturated carbocycles. The third-order valence-electron chi connectivity index (χ3n) is 3.31. The fraction of sp³-hybridized carbons (Fsp3) is 0.500. The molecule has 0 radical (unpaired) electrons. The quantitative estimate of drug-likeness (QED) is 0.817. The number of nitrogens with zero attached hydrogens (tertiary/aromatic N) is 1. The van der Waals surface area contributed by atoms with Crippen molar-refractivity contribution >= 4 is 15.7 Å². The van der Waals surface area contributed by atoms with Crippen LogP contribution >= 0.6 is 0 Å². The van der Waals surface area contributed by atoms with Gasteiger partial charge in [-0.1, -0.05) is 6.07 Å². The highest BCUT2D eigenvalue weighted by molar-refractivity contribution is 7.89. The fourth-order valence-corrected chi connectivity index (χ4v) is 4.27. The van der Waals surface area contributed by atoms with Crippen molar-refractivity contribution in [2.45, 2.75) is 31.6 Å². The van der Waals surface area contributed by atoms with E-state index in [0.717, 1.165) is 18.4 Å². The number of nitrogen functional groups attached to an aromatic ring is 1. The molecule has 0 aromatic heterocycles. The van der Waals surface area contributed by atoms with Crippen LogP contribution in [-0.2, 0) is 10.0 Å². The van der Waals surface area contributed by atoms with Crippen molar-refractivity contribution in [3.05, 3.63) is 23.3 Å². The second-order valence-corrected chi connectivity index (χ2v) is 6.41. The Hall–Kier alpha value is -1.07. The zero-order valence-electron chi connectivity index (χ0n) is 10.2. The lowest BCUT2D eigenvalue weighted by Crippen LogP contribution is -2.29. The molecule has 1 aromatic rings. The molecule has 0 atom stereocenters. The molecule has 1 heterocycles. The summed E-state index contributed by atoms with van der Waals surface area (Å²) in [5.74, 6) is 0. The molecule has 1 aromatic carbocycles. The number of sulfonamides is 1. The van der Waals surface area contributed by atoms with Crippen molar-refractivity contribution in [2.24, 2.45) is 0 Å². The topological polar surface area (TPSA) is 63.4 Å². The maximum atomic E-state index is 12.5. The summed E-state index contributed by atoms with van der Waals surface area (Å²) in [7, 11) is -3.37. The van der Waals surface area contributed by atoms with Gasteiger partial charge in [0.25, 0.3) is 0 Å². The Kier molecular flexibility index (Phi) is 3.14. The molecule has 1 fully saturated rings. The number of hydrogen-bond acceptors (Lipinski definition) is 3. The summed E-state index contributed by atoms with van der Waals surface area (Å²) in [6, 6.07) is 3.53. The van der Waals surface area contributed by atoms with Crippen LogP contribution < -0.4 is 5.73 Å². The summed E-state index contributed by atoms with van der Waals surface area (Å²) in [6.07, 6.45) is 1.89. The second-order valence-electron chi connectivity index (χ2n) is 4.54. The summed E-state index contributed by atoms with van der Waals surface area (Å²) < 4.78 is 26.6. The average Bonchev–Trinajstić information content (AvgIpc) is 2.77. The van der Waals surface area contributed by atoms with Crippen molar-refractivity contribution in [1.29, 1.82) is 0 Å². The van der Waals surface area contributed by atoms with Crippen LogP contribution in [0.25, 0.3) is 0 Å². The first-order chi connectivity index (χ1) is 7.94. The van der Waals surface area contributed by atoms with E-state index in [1.807, 2.05) is 6.92 Å². The van der Waals surface area contributed by atoms with Crippen molar-refractivity contribution < 1.29 is 8.42 Å². The maximum Gasteiger partial charge on any atom is 0.243 e. The van der Waals surface area contributed by atoms with Crippen molar-refractivity contribution in [1.82, 2.24) is 4.31 Å². The first kappa shape index (κ1) is 12.4. The lowest BCUT2D eigenvalue weighted by atomic mass is 10.1. The van der Waals surface area contributed by atoms with Crippen LogP contribution in [0.5, 0.6) is 0 Å². The van der Waals surface area contributed by atoms with E-state index in [1.54, 1.807) is 23.4 Å². The van der Waals surface area contributed by atoms with Crippen LogP contribution in [0.3, 0.4) is 0 Å². The molecular formula is C12H18N2O2S. The lowest BCUT2D eigenvalue weighted by molar-refractivity contribution is 0.476. The maximum absolute atomic E-state index is 12.5. The molecular weight excluding hydrogens is 236 g/mol. The summed E-state index contributed by atoms with van der Waals surface area (Å²) >= 11 is 0. The molecule has 1 aliphatic heterocycles. The van der Waals surface area contributed by atoms with E-state index in [4.69, 9.17) is 5.73 Å². The highest BCUT2D eigenvalue weighted by atomic mass is 32.2. The fourth-order valence-electron chi connectivity index (χ4n) is 2.30. The molecule has 0 unspecified atom stereocenters. The molecule has 94 valence electrons. The highest BCUT2D eigenvalue weighted by Crippen LogP contribution is 2.29. The monoisotopic (exact) mass is 254 g/mol. The minimum atomic E-state index is -3.37. The summed E-state index contributed by atoms with van der Waals surface area (Å²) in [4.78, 5) is 0.388. The van der Waals surface area contributed by atoms with E-state index in [-0.39, 0.29) is 0 Å². The van der Waals surface area contributed by atoms with Crippen LogP contribution in [-0.4, -0.2) is 25.8 Å². The SMILES string of the molecule is Cc1ccc(N)c(C)c1S(=O)(=O)N1CCCC1. The molecule has 2 rings (SSSR count). The van der Waals surface area contributed by atoms with Crippen LogP contribution in [0.2, 0.25) is 0 Å². The summed E-state index contributed by atoms with van der Waals surface area (Å²) in [5.41, 5.74) is 7.77. The van der Waals surface area contributed by atoms with E-state index in [0.29, 0.717) is 29.2 Å². The number of hydrogen-bond donors (Lipinski definition) is 1. The zero-order chi connectivity index (χ0) is 12.6. The minimum absolute atomic E-state index is 0.388. The number of rotatable bonds is 2. The first-order valence-corrected chi connectivity index (χ1v) is 7.24. The first-order valence-electron chi connectivity index (χ1n) is 5.80. The third-order valence-corrected chi connectivity index (χ3v) is 5.50. The minimum Gasteiger partial charge on any atom is -0.398 e. The average molecular weight is 254 g/mol. The Morgan fingerprint density at radius 2 is 1.76 bits per heavy atom. The van der Waals surface area contributed by atoms with Crippen molar-refractivity contribution in [3.63, 3.8) is 0 Å². The van der Waals surface area contributed by atoms with Gasteiger partial charge in [0.15, 0.2) is 0 Å². The highest BCUT2D eigenvalue weighted by Gasteiger charge is 2.30. The van der Waals surface area contributed by atoms with E-state index < -0.39 is 10.0 Å². The Balaban J connectivity index is 2.56. The molecule has 2 N–H and O–H groups in total. The normalized spacial score (nSPS) is 17.5. The smallest absolute Gasteiger partial charge is 0.243 e. The Bertz CT molecular complexity index is 532. The molecule has 4 nitrogen and oxygen atoms in total. The lowest BCUT2D eigenvalue weighted by Gasteiger charge is -2.19. The van der Waals surface area contributed by atoms with E-state index >= 15 is 0 Å². The predicted molar refractivity (Wildman–Crippen MR) is 68.3 cm³/mol. The van der Waals surface area contributed by atoms with Gasteiger partial charge in [-0.25, -0.2) is 8.42 Å². The number of aryl methyl sites for hydroxylation is 1. The van der Waals surface area contributed by atoms with Crippen LogP contribution in [0, 0.1) is 13.8 Å². The number of nitrogens with two attached hydrogens (primary N) is 1. The molecule has 5 heteroatoms. The van der Waals surface area contributed by atoms with Crippen LogP contribution in [0.1, 0.15) is 24.0 Å². The van der Waals surface area contributed by atoms with E-state index in [9.17, 15) is 8.42 Å². The number of benzene rings is 1. The van der Waals surface area contributed by atoms with Gasteiger partial charge in [-0.05, 0) is 43.9 Å². The van der Waals surface area contributed by atoms with Gasteiger partial charge in [-0.15, -0.1) is 0 Å². The molecule has 1 saturated heterocycles. The van der Waals surface area contributed by atoms with E-state index in [1.165, 1.54) is 0 Å². The van der Waals surface area contributed by atoms with Gasteiger partial charge in [0.05, 0.1) is 4.90 Å². The van der Waals surface area contributed by atoms with Gasteiger partial charge < -0.3 is 5.73 Å². The molecule has 0 aliphatic carbocycles. The van der Waals surface area contributed by atoms with Crippen LogP contribution in [0.15, 0.2) is 17.0 Å². The van der Waals surface area contributed by atoms with Crippen molar-refractivity contribution in [2.75, 3.05) is 18.8 Å². The van der Waals surface area contributed by atoms with Crippen LogP contribution in [0.4, 0.5) is 5.69 Å². The Morgan fingerprint density at radius 1 is 1.18 bits per heavy atom. The molecule has 1 aliphatic rings. The molecule has 0 bridgehead atoms. The summed E-state index contributed by atoms with van der Waals surface area (Å²) in [6.45, 7) is 4.83. The zero-order valence-corrected chi connectivity index (χ0v) is 11.0. The second kappa shape index (κ2) is 4.31. The molecule has 17 heavy (non-hydrogen) atoms. The van der Waals surface area contributed by atoms with Crippen molar-refractivity contribution in [3.8, 4) is 0 Å². The van der Waals surface area contributed by atoms with Gasteiger partial charge in [0.2, 0.25) is 10.0 Å². The van der Waals surface area contributed by atoms with E-state index in [2.05, 4.69) is 0 Å². The van der Waals surface area contributed by atoms with Gasteiger partial charge in [-0.3, -0.25) is 0 Å². The third kappa shape index (κ3) is 2.05. The Labute approximate surface area is 102 Å². The van der Waals surface area contributed by atoms with Gasteiger partial charge >= 0.3 is 0 Å². The summed E-state index contributed by atoms with van der Waals surface area (Å²) in [5, 5.41) is 0. The number of anilines is 1. The Morgan fingerprint density at radius 3 is 2.35 bits per heavy atom. The largest absolute Gasteiger partial charge is 0.398 e. The standard InChI is InChI=1S/C12H18N2O2S/c1-9-5-6-11(13)10(2)12(9)17(15,16)14-7-3-4-8-14/h5-6H,3-4,7-8,13H2,1-2H3. The molecule has 0 amide bonds. The van der Waals surface area contributed by atoms with Gasteiger partial charge in [-0.2, -0.15) is 4.31 Å². The molecule has 0 spiro atoms. The van der Waals surface area contributed by atoms with Gasteiger partial charge in [0, 0.05) is 18.8 Å². The predicted octanol–water partition coefficient (Wildman–Crippen LogP) is 1.67. The van der Waals surface area contributed by atoms with Gasteiger partial charge in [0.1, 0.15) is 0 Å².